The van der Waals surface area contributed by atoms with E-state index in [1.165, 1.54) is 24.3 Å². The summed E-state index contributed by atoms with van der Waals surface area (Å²) in [6.07, 6.45) is 0. The Morgan fingerprint density at radius 2 is 1.79 bits per heavy atom. The summed E-state index contributed by atoms with van der Waals surface area (Å²) in [6, 6.07) is 5.74. The molecule has 2 rings (SSSR count). The predicted molar refractivity (Wildman–Crippen MR) is 107 cm³/mol. The third-order valence-electron chi connectivity index (χ3n) is 3.23. The van der Waals surface area contributed by atoms with E-state index >= 15 is 0 Å². The van der Waals surface area contributed by atoms with Crippen LogP contribution < -0.4 is 33.8 Å². The van der Waals surface area contributed by atoms with Crippen LogP contribution in [0.3, 0.4) is 0 Å². The molecule has 0 aliphatic carbocycles. The van der Waals surface area contributed by atoms with Crippen molar-refractivity contribution in [1.82, 2.24) is 20.8 Å². The van der Waals surface area contributed by atoms with Gasteiger partial charge in [0.1, 0.15) is 0 Å². The summed E-state index contributed by atoms with van der Waals surface area (Å²) in [5.41, 5.74) is 27.0. The van der Waals surface area contributed by atoms with Gasteiger partial charge < -0.3 is 22.9 Å². The number of amides is 1. The number of rotatable bonds is 4. The molecule has 1 heterocycles. The topological polar surface area (TPSA) is 239 Å². The van der Waals surface area contributed by atoms with Crippen molar-refractivity contribution >= 4 is 46.8 Å². The number of hydrogen-bond acceptors (Lipinski definition) is 8. The summed E-state index contributed by atoms with van der Waals surface area (Å²) in [6.45, 7) is 0.114. The molecular formula is C14H16ClN11O3. The van der Waals surface area contributed by atoms with Gasteiger partial charge in [0.2, 0.25) is 11.9 Å². The lowest BCUT2D eigenvalue weighted by Crippen LogP contribution is -2.46. The van der Waals surface area contributed by atoms with Gasteiger partial charge in [0, 0.05) is 12.1 Å². The SMILES string of the molecule is NC(=NCc1ccc([N+](=O)[O-])cc1)/N=C(\N)NNC(=O)c1nc(Cl)c(N)nc1N. The zero-order chi connectivity index (χ0) is 21.6. The van der Waals surface area contributed by atoms with Gasteiger partial charge in [-0.25, -0.2) is 15.0 Å². The molecule has 2 aromatic rings. The normalized spacial score (nSPS) is 11.8. The van der Waals surface area contributed by atoms with Crippen LogP contribution in [0.4, 0.5) is 17.3 Å². The third-order valence-corrected chi connectivity index (χ3v) is 3.51. The number of nitrogens with one attached hydrogen (secondary N) is 2. The lowest BCUT2D eigenvalue weighted by molar-refractivity contribution is -0.384. The Balaban J connectivity index is 1.94. The van der Waals surface area contributed by atoms with Gasteiger partial charge in [-0.1, -0.05) is 23.7 Å². The maximum Gasteiger partial charge on any atom is 0.292 e. The molecule has 15 heteroatoms. The first-order valence-electron chi connectivity index (χ1n) is 7.69. The van der Waals surface area contributed by atoms with Crippen molar-refractivity contribution in [2.45, 2.75) is 6.54 Å². The van der Waals surface area contributed by atoms with Crippen LogP contribution in [0.2, 0.25) is 5.15 Å². The van der Waals surface area contributed by atoms with Crippen LogP contribution in [0, 0.1) is 10.1 Å². The summed E-state index contributed by atoms with van der Waals surface area (Å²) in [5, 5.41) is 10.4. The van der Waals surface area contributed by atoms with Crippen LogP contribution >= 0.6 is 11.6 Å². The molecule has 1 aromatic carbocycles. The second kappa shape index (κ2) is 9.14. The number of aromatic nitrogens is 2. The maximum absolute atomic E-state index is 12.0. The highest BCUT2D eigenvalue weighted by Gasteiger charge is 2.15. The van der Waals surface area contributed by atoms with E-state index in [1.54, 1.807) is 0 Å². The fraction of sp³-hybridized carbons (Fsp3) is 0.0714. The number of halogens is 1. The fourth-order valence-corrected chi connectivity index (χ4v) is 2.00. The number of non-ortho nitro benzene ring substituents is 1. The van der Waals surface area contributed by atoms with E-state index in [4.69, 9.17) is 34.5 Å². The van der Waals surface area contributed by atoms with E-state index < -0.39 is 10.8 Å². The fourth-order valence-electron chi connectivity index (χ4n) is 1.87. The number of anilines is 2. The summed E-state index contributed by atoms with van der Waals surface area (Å²) in [5.74, 6) is -1.62. The molecule has 0 spiro atoms. The lowest BCUT2D eigenvalue weighted by Gasteiger charge is -2.09. The summed E-state index contributed by atoms with van der Waals surface area (Å²) >= 11 is 5.70. The minimum Gasteiger partial charge on any atom is -0.382 e. The zero-order valence-corrected chi connectivity index (χ0v) is 15.4. The molecule has 0 saturated heterocycles. The Kier molecular flexibility index (Phi) is 6.65. The number of carbonyl (C=O) groups excluding carboxylic acids is 1. The van der Waals surface area contributed by atoms with Gasteiger partial charge in [-0.2, -0.15) is 4.99 Å². The molecule has 10 N–H and O–H groups in total. The van der Waals surface area contributed by atoms with Gasteiger partial charge in [-0.15, -0.1) is 0 Å². The molecule has 0 saturated carbocycles. The zero-order valence-electron chi connectivity index (χ0n) is 14.7. The molecule has 152 valence electrons. The first-order chi connectivity index (χ1) is 13.7. The van der Waals surface area contributed by atoms with Crippen molar-refractivity contribution in [3.63, 3.8) is 0 Å². The number of nitrogens with zero attached hydrogens (tertiary/aromatic N) is 5. The Hall–Kier alpha value is -4.20. The van der Waals surface area contributed by atoms with Crippen molar-refractivity contribution in [1.29, 1.82) is 0 Å². The highest BCUT2D eigenvalue weighted by Crippen LogP contribution is 2.17. The van der Waals surface area contributed by atoms with Crippen LogP contribution in [-0.2, 0) is 6.54 Å². The molecule has 1 amide bonds. The quantitative estimate of drug-likeness (QED) is 0.156. The monoisotopic (exact) mass is 421 g/mol. The highest BCUT2D eigenvalue weighted by molar-refractivity contribution is 6.31. The minimum atomic E-state index is -0.795. The van der Waals surface area contributed by atoms with Crippen molar-refractivity contribution < 1.29 is 9.72 Å². The number of carbonyl (C=O) groups is 1. The van der Waals surface area contributed by atoms with Crippen molar-refractivity contribution in [3.05, 3.63) is 50.8 Å². The number of guanidine groups is 2. The lowest BCUT2D eigenvalue weighted by atomic mass is 10.2. The molecule has 0 bridgehead atoms. The number of nitrogen functional groups attached to an aromatic ring is 2. The predicted octanol–water partition coefficient (Wildman–Crippen LogP) is -0.733. The van der Waals surface area contributed by atoms with E-state index in [1.807, 2.05) is 0 Å². The first kappa shape index (κ1) is 21.1. The molecule has 0 fully saturated rings. The molecule has 14 nitrogen and oxygen atoms in total. The Morgan fingerprint density at radius 1 is 1.14 bits per heavy atom. The average Bonchev–Trinajstić information content (AvgIpc) is 2.67. The molecule has 0 atom stereocenters. The summed E-state index contributed by atoms with van der Waals surface area (Å²) in [4.78, 5) is 37.2. The van der Waals surface area contributed by atoms with Crippen molar-refractivity contribution in [2.75, 3.05) is 11.5 Å². The molecule has 0 radical (unpaired) electrons. The van der Waals surface area contributed by atoms with E-state index in [2.05, 4.69) is 30.8 Å². The third kappa shape index (κ3) is 5.90. The van der Waals surface area contributed by atoms with Crippen LogP contribution in [0.1, 0.15) is 16.1 Å². The Labute approximate surface area is 168 Å². The average molecular weight is 422 g/mol. The number of aliphatic imine (C=N–C) groups is 2. The van der Waals surface area contributed by atoms with Crippen LogP contribution in [0.5, 0.6) is 0 Å². The van der Waals surface area contributed by atoms with Crippen LogP contribution in [0.15, 0.2) is 34.3 Å². The van der Waals surface area contributed by atoms with Gasteiger partial charge in [0.05, 0.1) is 11.5 Å². The van der Waals surface area contributed by atoms with Crippen molar-refractivity contribution in [3.8, 4) is 0 Å². The standard InChI is InChI=1S/C14H16ClN11O3/c15-9-11(17)22-10(16)8(21-9)12(27)24-25-14(19)23-13(18)20-5-6-1-3-7(4-2-6)26(28)29/h1-4H,5H2,(H,24,27)(H4,16,17,22)(H5,18,19,20,23,25). The van der Waals surface area contributed by atoms with Crippen LogP contribution in [-0.4, -0.2) is 32.7 Å². The van der Waals surface area contributed by atoms with Crippen LogP contribution in [0.25, 0.3) is 0 Å². The van der Waals surface area contributed by atoms with E-state index in [0.717, 1.165) is 0 Å². The van der Waals surface area contributed by atoms with Crippen molar-refractivity contribution in [2.24, 2.45) is 21.5 Å². The second-order valence-electron chi connectivity index (χ2n) is 5.31. The van der Waals surface area contributed by atoms with Gasteiger partial charge in [0.25, 0.3) is 11.6 Å². The molecular weight excluding hydrogens is 406 g/mol. The molecule has 0 aliphatic rings. The largest absolute Gasteiger partial charge is 0.382 e. The smallest absolute Gasteiger partial charge is 0.292 e. The number of nitro benzene ring substituents is 1. The Bertz CT molecular complexity index is 991. The molecule has 0 unspecified atom stereocenters. The molecule has 29 heavy (non-hydrogen) atoms. The summed E-state index contributed by atoms with van der Waals surface area (Å²) in [7, 11) is 0. The second-order valence-corrected chi connectivity index (χ2v) is 5.67. The number of benzene rings is 1. The van der Waals surface area contributed by atoms with Gasteiger partial charge in [0.15, 0.2) is 22.5 Å². The molecule has 0 aliphatic heterocycles. The number of hydrogen-bond donors (Lipinski definition) is 6. The van der Waals surface area contributed by atoms with E-state index in [9.17, 15) is 14.9 Å². The Morgan fingerprint density at radius 3 is 2.41 bits per heavy atom. The minimum absolute atomic E-state index is 0.0411. The van der Waals surface area contributed by atoms with E-state index in [-0.39, 0.29) is 46.6 Å². The number of nitro groups is 1. The number of nitrogens with two attached hydrogens (primary N) is 4. The van der Waals surface area contributed by atoms with Gasteiger partial charge in [-0.3, -0.25) is 25.8 Å². The van der Waals surface area contributed by atoms with E-state index in [0.29, 0.717) is 5.56 Å². The van der Waals surface area contributed by atoms with Gasteiger partial charge in [-0.05, 0) is 5.56 Å². The first-order valence-corrected chi connectivity index (χ1v) is 8.07. The van der Waals surface area contributed by atoms with Gasteiger partial charge >= 0.3 is 0 Å². The maximum atomic E-state index is 12.0. The summed E-state index contributed by atoms with van der Waals surface area (Å²) < 4.78 is 0. The highest BCUT2D eigenvalue weighted by atomic mass is 35.5. The number of hydrazine groups is 1. The molecule has 1 aromatic heterocycles.